The molecule has 4 heteroatoms. The van der Waals surface area contributed by atoms with Crippen molar-refractivity contribution in [1.29, 1.82) is 0 Å². The fourth-order valence-electron chi connectivity index (χ4n) is 6.93. The SMILES string of the molecule is c1ccc(-c2cc(-c3ccccc3)nc(-n3c4cc5c(cc4c4cc6c(cc43)oc3cc4c(cc36)CC4)CC5)n2)cc1. The van der Waals surface area contributed by atoms with E-state index in [1.54, 1.807) is 0 Å². The quantitative estimate of drug-likeness (QED) is 0.225. The number of aryl methyl sites for hydroxylation is 4. The molecule has 0 saturated carbocycles. The van der Waals surface area contributed by atoms with E-state index in [-0.39, 0.29) is 0 Å². The number of nitrogens with zero attached hydrogens (tertiary/aromatic N) is 3. The fourth-order valence-corrected chi connectivity index (χ4v) is 6.93. The summed E-state index contributed by atoms with van der Waals surface area (Å²) in [7, 11) is 0. The lowest BCUT2D eigenvalue weighted by molar-refractivity contribution is 0.666. The summed E-state index contributed by atoms with van der Waals surface area (Å²) >= 11 is 0. The van der Waals surface area contributed by atoms with Crippen molar-refractivity contribution in [1.82, 2.24) is 14.5 Å². The molecule has 42 heavy (non-hydrogen) atoms. The summed E-state index contributed by atoms with van der Waals surface area (Å²) in [5.74, 6) is 0.674. The summed E-state index contributed by atoms with van der Waals surface area (Å²) in [5, 5.41) is 4.85. The van der Waals surface area contributed by atoms with Crippen molar-refractivity contribution in [3.05, 3.63) is 125 Å². The zero-order chi connectivity index (χ0) is 27.4. The van der Waals surface area contributed by atoms with E-state index in [1.165, 1.54) is 43.8 Å². The number of fused-ring (bicyclic) bond motifs is 8. The minimum atomic E-state index is 0.674. The molecule has 0 bridgehead atoms. The molecule has 0 saturated heterocycles. The van der Waals surface area contributed by atoms with Crippen LogP contribution in [0.4, 0.5) is 0 Å². The van der Waals surface area contributed by atoms with Crippen molar-refractivity contribution in [2.24, 2.45) is 0 Å². The van der Waals surface area contributed by atoms with Gasteiger partial charge in [-0.05, 0) is 84.3 Å². The highest BCUT2D eigenvalue weighted by Gasteiger charge is 2.24. The maximum Gasteiger partial charge on any atom is 0.235 e. The standard InChI is InChI=1S/C38H25N3O/c1-3-7-22(8-4-1)32-20-33(23-9-5-2-6-10-23)40-38(39-32)41-34-17-26-13-11-24(26)15-28(34)29-19-31-30-16-25-12-14-27(25)18-36(30)42-37(31)21-35(29)41/h1-10,15-21H,11-14H2. The van der Waals surface area contributed by atoms with E-state index < -0.39 is 0 Å². The molecular weight excluding hydrogens is 514 g/mol. The minimum Gasteiger partial charge on any atom is -0.456 e. The summed E-state index contributed by atoms with van der Waals surface area (Å²) in [4.78, 5) is 10.4. The van der Waals surface area contributed by atoms with Crippen molar-refractivity contribution < 1.29 is 4.42 Å². The highest BCUT2D eigenvalue weighted by atomic mass is 16.3. The van der Waals surface area contributed by atoms with Crippen LogP contribution in [-0.2, 0) is 25.7 Å². The van der Waals surface area contributed by atoms with Gasteiger partial charge in [0.05, 0.1) is 22.4 Å². The van der Waals surface area contributed by atoms with E-state index in [1.807, 2.05) is 12.1 Å². The zero-order valence-corrected chi connectivity index (χ0v) is 22.9. The summed E-state index contributed by atoms with van der Waals surface area (Å²) < 4.78 is 8.76. The highest BCUT2D eigenvalue weighted by molar-refractivity contribution is 6.17. The lowest BCUT2D eigenvalue weighted by Crippen LogP contribution is -2.09. The number of hydrogen-bond acceptors (Lipinski definition) is 3. The van der Waals surface area contributed by atoms with Crippen LogP contribution in [0.15, 0.2) is 108 Å². The van der Waals surface area contributed by atoms with Gasteiger partial charge in [0.1, 0.15) is 11.2 Å². The average molecular weight is 540 g/mol. The van der Waals surface area contributed by atoms with Gasteiger partial charge in [-0.1, -0.05) is 60.7 Å². The highest BCUT2D eigenvalue weighted by Crippen LogP contribution is 2.42. The maximum atomic E-state index is 6.51. The summed E-state index contributed by atoms with van der Waals surface area (Å²) in [5.41, 5.74) is 13.8. The van der Waals surface area contributed by atoms with Crippen LogP contribution in [0, 0.1) is 0 Å². The van der Waals surface area contributed by atoms with Gasteiger partial charge in [-0.15, -0.1) is 0 Å². The average Bonchev–Trinajstić information content (AvgIpc) is 3.52. The first-order chi connectivity index (χ1) is 20.8. The molecule has 0 unspecified atom stereocenters. The van der Waals surface area contributed by atoms with E-state index in [9.17, 15) is 0 Å². The van der Waals surface area contributed by atoms with Crippen LogP contribution in [0.1, 0.15) is 22.3 Å². The van der Waals surface area contributed by atoms with E-state index in [0.29, 0.717) is 5.95 Å². The van der Waals surface area contributed by atoms with Gasteiger partial charge in [0.25, 0.3) is 0 Å². The van der Waals surface area contributed by atoms with Crippen molar-refractivity contribution in [3.63, 3.8) is 0 Å². The smallest absolute Gasteiger partial charge is 0.235 e. The first-order valence-corrected chi connectivity index (χ1v) is 14.8. The Kier molecular flexibility index (Phi) is 4.37. The van der Waals surface area contributed by atoms with Gasteiger partial charge in [-0.3, -0.25) is 4.57 Å². The zero-order valence-electron chi connectivity index (χ0n) is 22.9. The fraction of sp³-hybridized carbons (Fsp3) is 0.105. The van der Waals surface area contributed by atoms with E-state index in [0.717, 1.165) is 70.4 Å². The van der Waals surface area contributed by atoms with Gasteiger partial charge >= 0.3 is 0 Å². The molecule has 0 atom stereocenters. The molecule has 0 aliphatic heterocycles. The van der Waals surface area contributed by atoms with E-state index >= 15 is 0 Å². The summed E-state index contributed by atoms with van der Waals surface area (Å²) in [6.45, 7) is 0. The van der Waals surface area contributed by atoms with Crippen LogP contribution in [0.2, 0.25) is 0 Å². The van der Waals surface area contributed by atoms with Crippen LogP contribution >= 0.6 is 0 Å². The molecule has 2 aliphatic rings. The van der Waals surface area contributed by atoms with Crippen LogP contribution in [0.3, 0.4) is 0 Å². The van der Waals surface area contributed by atoms with Gasteiger partial charge in [0.2, 0.25) is 5.95 Å². The van der Waals surface area contributed by atoms with Crippen molar-refractivity contribution in [2.75, 3.05) is 0 Å². The van der Waals surface area contributed by atoms with Crippen molar-refractivity contribution in [3.8, 4) is 28.5 Å². The topological polar surface area (TPSA) is 43.9 Å². The van der Waals surface area contributed by atoms with Crippen molar-refractivity contribution >= 4 is 43.7 Å². The van der Waals surface area contributed by atoms with Crippen LogP contribution < -0.4 is 0 Å². The molecule has 198 valence electrons. The summed E-state index contributed by atoms with van der Waals surface area (Å²) in [6, 6.07) is 36.8. The molecule has 2 aliphatic carbocycles. The third-order valence-electron chi connectivity index (χ3n) is 9.38. The Morgan fingerprint density at radius 3 is 1.62 bits per heavy atom. The Morgan fingerprint density at radius 1 is 0.476 bits per heavy atom. The summed E-state index contributed by atoms with van der Waals surface area (Å²) in [6.07, 6.45) is 4.55. The molecule has 10 rings (SSSR count). The Morgan fingerprint density at radius 2 is 0.976 bits per heavy atom. The molecule has 3 aromatic heterocycles. The molecule has 5 aromatic carbocycles. The molecule has 8 aromatic rings. The molecule has 0 radical (unpaired) electrons. The largest absolute Gasteiger partial charge is 0.456 e. The Hall–Kier alpha value is -5.22. The van der Waals surface area contributed by atoms with Crippen LogP contribution in [0.25, 0.3) is 72.2 Å². The van der Waals surface area contributed by atoms with Crippen molar-refractivity contribution in [2.45, 2.75) is 25.7 Å². The van der Waals surface area contributed by atoms with Gasteiger partial charge in [-0.2, -0.15) is 0 Å². The van der Waals surface area contributed by atoms with Gasteiger partial charge in [0.15, 0.2) is 0 Å². The molecule has 0 spiro atoms. The minimum absolute atomic E-state index is 0.674. The van der Waals surface area contributed by atoms with Gasteiger partial charge in [-0.25, -0.2) is 9.97 Å². The second kappa shape index (κ2) is 8.17. The molecule has 4 nitrogen and oxygen atoms in total. The predicted octanol–water partition coefficient (Wildman–Crippen LogP) is 9.00. The maximum absolute atomic E-state index is 6.51. The lowest BCUT2D eigenvalue weighted by Gasteiger charge is -2.19. The normalized spacial score (nSPS) is 13.8. The van der Waals surface area contributed by atoms with Crippen LogP contribution in [0.5, 0.6) is 0 Å². The molecule has 3 heterocycles. The van der Waals surface area contributed by atoms with E-state index in [4.69, 9.17) is 14.4 Å². The monoisotopic (exact) mass is 539 g/mol. The second-order valence-electron chi connectivity index (χ2n) is 11.7. The Balaban J connectivity index is 1.31. The van der Waals surface area contributed by atoms with Gasteiger partial charge < -0.3 is 4.42 Å². The second-order valence-corrected chi connectivity index (χ2v) is 11.7. The van der Waals surface area contributed by atoms with Gasteiger partial charge in [0, 0.05) is 38.7 Å². The van der Waals surface area contributed by atoms with Crippen LogP contribution in [-0.4, -0.2) is 14.5 Å². The molecule has 0 fully saturated rings. The number of hydrogen-bond donors (Lipinski definition) is 0. The predicted molar refractivity (Wildman–Crippen MR) is 169 cm³/mol. The third-order valence-corrected chi connectivity index (χ3v) is 9.38. The first kappa shape index (κ1) is 22.5. The lowest BCUT2D eigenvalue weighted by atomic mass is 9.87. The molecular formula is C38H25N3O. The number of rotatable bonds is 3. The molecule has 0 amide bonds. The first-order valence-electron chi connectivity index (χ1n) is 14.8. The number of aromatic nitrogens is 3. The molecule has 0 N–H and O–H groups in total. The number of furan rings is 1. The number of benzene rings is 5. The third kappa shape index (κ3) is 3.12. The Labute approximate surface area is 241 Å². The van der Waals surface area contributed by atoms with E-state index in [2.05, 4.69) is 95.6 Å². The Bertz CT molecular complexity index is 2340.